The van der Waals surface area contributed by atoms with Crippen molar-refractivity contribution in [1.29, 1.82) is 0 Å². The van der Waals surface area contributed by atoms with Gasteiger partial charge in [-0.1, -0.05) is 27.7 Å². The molecule has 2 saturated heterocycles. The molecule has 8 nitrogen and oxygen atoms in total. The lowest BCUT2D eigenvalue weighted by Gasteiger charge is -2.31. The van der Waals surface area contributed by atoms with Crippen LogP contribution in [0.1, 0.15) is 66.2 Å². The number of fused-ring (bicyclic) bond motifs is 2. The summed E-state index contributed by atoms with van der Waals surface area (Å²) in [5.74, 6) is 1.18. The van der Waals surface area contributed by atoms with Crippen LogP contribution in [0.5, 0.6) is 0 Å². The summed E-state index contributed by atoms with van der Waals surface area (Å²) >= 11 is 3.26. The maximum absolute atomic E-state index is 12.7. The van der Waals surface area contributed by atoms with Gasteiger partial charge in [0, 0.05) is 48.3 Å². The second-order valence-electron chi connectivity index (χ2n) is 12.7. The van der Waals surface area contributed by atoms with E-state index >= 15 is 0 Å². The number of amides is 4. The van der Waals surface area contributed by atoms with Gasteiger partial charge in [0.2, 0.25) is 11.8 Å². The zero-order chi connectivity index (χ0) is 28.9. The molecule has 2 atom stereocenters. The van der Waals surface area contributed by atoms with Crippen molar-refractivity contribution in [2.24, 2.45) is 22.7 Å². The van der Waals surface area contributed by atoms with Crippen LogP contribution in [-0.2, 0) is 28.7 Å². The molecule has 0 bridgehead atoms. The first-order chi connectivity index (χ1) is 19.0. The topological polar surface area (TPSA) is 93.2 Å². The first-order valence-corrected chi connectivity index (χ1v) is 16.5. The minimum atomic E-state index is -0.175. The fourth-order valence-corrected chi connectivity index (χ4v) is 7.77. The fourth-order valence-electron chi connectivity index (χ4n) is 5.38. The Labute approximate surface area is 247 Å². The van der Waals surface area contributed by atoms with E-state index in [1.54, 1.807) is 35.7 Å². The molecular formula is C30H44N2O6S2. The van der Waals surface area contributed by atoms with E-state index in [-0.39, 0.29) is 46.3 Å². The molecule has 0 aromatic rings. The summed E-state index contributed by atoms with van der Waals surface area (Å²) in [6.07, 6.45) is 8.12. The van der Waals surface area contributed by atoms with Crippen molar-refractivity contribution >= 4 is 47.2 Å². The summed E-state index contributed by atoms with van der Waals surface area (Å²) in [6, 6.07) is 0. The first-order valence-electron chi connectivity index (χ1n) is 14.5. The van der Waals surface area contributed by atoms with Gasteiger partial charge in [0.25, 0.3) is 11.8 Å². The molecule has 4 heterocycles. The van der Waals surface area contributed by atoms with E-state index in [0.717, 1.165) is 59.8 Å². The second kappa shape index (κ2) is 13.6. The highest BCUT2D eigenvalue weighted by Crippen LogP contribution is 2.41. The van der Waals surface area contributed by atoms with Crippen molar-refractivity contribution in [1.82, 2.24) is 9.80 Å². The number of imide groups is 2. The maximum atomic E-state index is 12.7. The molecule has 0 radical (unpaired) electrons. The summed E-state index contributed by atoms with van der Waals surface area (Å²) in [6.45, 7) is 11.7. The summed E-state index contributed by atoms with van der Waals surface area (Å²) in [5.41, 5.74) is -0.101. The van der Waals surface area contributed by atoms with Crippen molar-refractivity contribution in [2.75, 3.05) is 51.0 Å². The average Bonchev–Trinajstić information content (AvgIpc) is 3.55. The van der Waals surface area contributed by atoms with Gasteiger partial charge in [0.05, 0.1) is 25.0 Å². The SMILES string of the molecule is CC(C)(CCOCCOCCC(C)(C)CCN1C(=O)C=C2SCCC2C1=O)CCN1C(=O)C=C2SCCC2C1=O. The maximum Gasteiger partial charge on any atom is 0.253 e. The molecule has 4 aliphatic rings. The van der Waals surface area contributed by atoms with E-state index in [0.29, 0.717) is 39.5 Å². The van der Waals surface area contributed by atoms with Gasteiger partial charge in [-0.05, 0) is 60.9 Å². The molecule has 0 N–H and O–H groups in total. The number of carbonyl (C=O) groups excluding carboxylic acids is 4. The summed E-state index contributed by atoms with van der Waals surface area (Å²) in [5, 5.41) is 0. The highest BCUT2D eigenvalue weighted by Gasteiger charge is 2.40. The molecule has 40 heavy (non-hydrogen) atoms. The number of ether oxygens (including phenoxy) is 2. The van der Waals surface area contributed by atoms with Gasteiger partial charge in [0.1, 0.15) is 0 Å². The summed E-state index contributed by atoms with van der Waals surface area (Å²) < 4.78 is 11.6. The zero-order valence-electron chi connectivity index (χ0n) is 24.4. The normalized spacial score (nSPS) is 23.5. The Kier molecular flexibility index (Phi) is 10.6. The zero-order valence-corrected chi connectivity index (χ0v) is 26.0. The Morgan fingerprint density at radius 2 is 1.07 bits per heavy atom. The predicted molar refractivity (Wildman–Crippen MR) is 158 cm³/mol. The Morgan fingerprint density at radius 3 is 1.48 bits per heavy atom. The standard InChI is InChI=1S/C30H44N2O6S2/c1-29(2,7-11-31-25(33)19-23-21(27(31)35)5-17-39-23)9-13-37-15-16-38-14-10-30(3,4)8-12-32-26(34)20-24-22(28(32)36)6-18-40-24/h19-22H,5-18H2,1-4H3. The van der Waals surface area contributed by atoms with Crippen molar-refractivity contribution in [3.05, 3.63) is 22.0 Å². The van der Waals surface area contributed by atoms with Gasteiger partial charge >= 0.3 is 0 Å². The molecule has 0 aromatic heterocycles. The molecule has 0 spiro atoms. The third-order valence-corrected chi connectivity index (χ3v) is 10.8. The number of carbonyl (C=O) groups is 4. The molecule has 10 heteroatoms. The average molecular weight is 593 g/mol. The van der Waals surface area contributed by atoms with E-state index in [2.05, 4.69) is 27.7 Å². The largest absolute Gasteiger partial charge is 0.379 e. The molecule has 2 fully saturated rings. The van der Waals surface area contributed by atoms with Crippen molar-refractivity contribution in [3.8, 4) is 0 Å². The highest BCUT2D eigenvalue weighted by molar-refractivity contribution is 8.03. The Balaban J connectivity index is 1.05. The van der Waals surface area contributed by atoms with Crippen molar-refractivity contribution in [2.45, 2.75) is 66.2 Å². The Bertz CT molecular complexity index is 971. The van der Waals surface area contributed by atoms with E-state index in [4.69, 9.17) is 9.47 Å². The first kappa shape index (κ1) is 31.3. The van der Waals surface area contributed by atoms with E-state index in [1.165, 1.54) is 9.80 Å². The number of rotatable bonds is 15. The van der Waals surface area contributed by atoms with E-state index in [1.807, 2.05) is 0 Å². The molecule has 222 valence electrons. The minimum absolute atomic E-state index is 0.0349. The Morgan fingerprint density at radius 1 is 0.675 bits per heavy atom. The monoisotopic (exact) mass is 592 g/mol. The fraction of sp³-hybridized carbons (Fsp3) is 0.733. The van der Waals surface area contributed by atoms with Gasteiger partial charge in [0.15, 0.2) is 0 Å². The van der Waals surface area contributed by atoms with Crippen molar-refractivity contribution < 1.29 is 28.7 Å². The third kappa shape index (κ3) is 8.01. The number of hydrogen-bond donors (Lipinski definition) is 0. The van der Waals surface area contributed by atoms with Crippen LogP contribution in [-0.4, -0.2) is 84.5 Å². The van der Waals surface area contributed by atoms with Crippen LogP contribution in [0.15, 0.2) is 22.0 Å². The summed E-state index contributed by atoms with van der Waals surface area (Å²) in [7, 11) is 0. The smallest absolute Gasteiger partial charge is 0.253 e. The minimum Gasteiger partial charge on any atom is -0.379 e. The molecule has 0 aromatic carbocycles. The van der Waals surface area contributed by atoms with Crippen LogP contribution in [0.4, 0.5) is 0 Å². The van der Waals surface area contributed by atoms with Gasteiger partial charge in [-0.2, -0.15) is 0 Å². The lowest BCUT2D eigenvalue weighted by atomic mass is 9.85. The van der Waals surface area contributed by atoms with Crippen LogP contribution in [0.25, 0.3) is 0 Å². The Hall–Kier alpha value is -1.62. The quantitative estimate of drug-likeness (QED) is 0.201. The molecule has 0 saturated carbocycles. The van der Waals surface area contributed by atoms with Gasteiger partial charge < -0.3 is 9.47 Å². The third-order valence-electron chi connectivity index (χ3n) is 8.47. The van der Waals surface area contributed by atoms with Crippen LogP contribution in [0, 0.1) is 22.7 Å². The van der Waals surface area contributed by atoms with Crippen LogP contribution >= 0.6 is 23.5 Å². The highest BCUT2D eigenvalue weighted by atomic mass is 32.2. The van der Waals surface area contributed by atoms with Crippen LogP contribution in [0.3, 0.4) is 0 Å². The number of nitrogens with zero attached hydrogens (tertiary/aromatic N) is 2. The van der Waals surface area contributed by atoms with Gasteiger partial charge in [-0.3, -0.25) is 29.0 Å². The molecular weight excluding hydrogens is 548 g/mol. The predicted octanol–water partition coefficient (Wildman–Crippen LogP) is 4.64. The van der Waals surface area contributed by atoms with E-state index < -0.39 is 0 Å². The molecule has 0 aliphatic carbocycles. The second-order valence-corrected chi connectivity index (χ2v) is 15.0. The van der Waals surface area contributed by atoms with Gasteiger partial charge in [-0.25, -0.2) is 0 Å². The lowest BCUT2D eigenvalue weighted by molar-refractivity contribution is -0.147. The number of hydrogen-bond acceptors (Lipinski definition) is 8. The molecule has 2 unspecified atom stereocenters. The van der Waals surface area contributed by atoms with Crippen LogP contribution < -0.4 is 0 Å². The van der Waals surface area contributed by atoms with Crippen LogP contribution in [0.2, 0.25) is 0 Å². The lowest BCUT2D eigenvalue weighted by Crippen LogP contribution is -2.44. The molecule has 4 rings (SSSR count). The molecule has 4 aliphatic heterocycles. The number of thioether (sulfide) groups is 2. The van der Waals surface area contributed by atoms with E-state index in [9.17, 15) is 19.2 Å². The molecule has 4 amide bonds. The van der Waals surface area contributed by atoms with Gasteiger partial charge in [-0.15, -0.1) is 23.5 Å². The van der Waals surface area contributed by atoms with Crippen molar-refractivity contribution in [3.63, 3.8) is 0 Å². The summed E-state index contributed by atoms with van der Waals surface area (Å²) in [4.78, 5) is 55.1.